The molecular formula is C12H30O4Si2. The average Bonchev–Trinajstić information content (AvgIpc) is 2.40. The molecule has 0 heterocycles. The summed E-state index contributed by atoms with van der Waals surface area (Å²) in [5, 5.41) is 8.91. The van der Waals surface area contributed by atoms with Gasteiger partial charge in [-0.3, -0.25) is 0 Å². The van der Waals surface area contributed by atoms with E-state index in [2.05, 4.69) is 20.8 Å². The standard InChI is InChI=1S/C12H30O4Si2/c1-4-9-14-18(15-10-5-2,16-11-6-3)17-12-7-8-13/h13H,4-12,17H2,1-3H3. The van der Waals surface area contributed by atoms with Gasteiger partial charge in [-0.05, 0) is 25.7 Å². The Kier molecular flexibility index (Phi) is 12.5. The number of aliphatic hydroxyl groups is 1. The maximum absolute atomic E-state index is 8.91. The van der Waals surface area contributed by atoms with Crippen LogP contribution in [0.2, 0.25) is 6.04 Å². The van der Waals surface area contributed by atoms with Gasteiger partial charge < -0.3 is 18.4 Å². The number of aliphatic hydroxyl groups excluding tert-OH is 1. The maximum Gasteiger partial charge on any atom is 0.462 e. The lowest BCUT2D eigenvalue weighted by Gasteiger charge is -2.30. The van der Waals surface area contributed by atoms with Crippen molar-refractivity contribution in [3.05, 3.63) is 0 Å². The Morgan fingerprint density at radius 1 is 0.889 bits per heavy atom. The van der Waals surface area contributed by atoms with E-state index in [1.165, 1.54) is 0 Å². The Balaban J connectivity index is 4.41. The van der Waals surface area contributed by atoms with Crippen molar-refractivity contribution >= 4 is 17.4 Å². The third-order valence-electron chi connectivity index (χ3n) is 2.47. The van der Waals surface area contributed by atoms with Gasteiger partial charge in [-0.25, -0.2) is 0 Å². The summed E-state index contributed by atoms with van der Waals surface area (Å²) in [4.78, 5) is 0. The van der Waals surface area contributed by atoms with Crippen LogP contribution in [0.4, 0.5) is 0 Å². The van der Waals surface area contributed by atoms with Crippen molar-refractivity contribution in [2.75, 3.05) is 26.4 Å². The van der Waals surface area contributed by atoms with E-state index in [-0.39, 0.29) is 6.61 Å². The summed E-state index contributed by atoms with van der Waals surface area (Å²) in [6, 6.07) is 1.04. The molecule has 0 radical (unpaired) electrons. The molecule has 110 valence electrons. The molecule has 0 saturated carbocycles. The highest BCUT2D eigenvalue weighted by Gasteiger charge is 2.39. The lowest BCUT2D eigenvalue weighted by Crippen LogP contribution is -2.52. The fraction of sp³-hybridized carbons (Fsp3) is 1.00. The zero-order valence-electron chi connectivity index (χ0n) is 12.2. The van der Waals surface area contributed by atoms with E-state index in [9.17, 15) is 0 Å². The van der Waals surface area contributed by atoms with Crippen LogP contribution in [0.3, 0.4) is 0 Å². The third-order valence-corrected chi connectivity index (χ3v) is 10.6. The highest BCUT2D eigenvalue weighted by molar-refractivity contribution is 7.14. The summed E-state index contributed by atoms with van der Waals surface area (Å²) in [6.45, 7) is 8.76. The highest BCUT2D eigenvalue weighted by atomic mass is 29.2. The predicted octanol–water partition coefficient (Wildman–Crippen LogP) is 1.67. The van der Waals surface area contributed by atoms with E-state index in [0.717, 1.165) is 51.5 Å². The second kappa shape index (κ2) is 12.3. The second-order valence-electron chi connectivity index (χ2n) is 4.41. The molecule has 0 saturated heterocycles. The minimum Gasteiger partial charge on any atom is -0.396 e. The average molecular weight is 295 g/mol. The van der Waals surface area contributed by atoms with Crippen molar-refractivity contribution in [3.8, 4) is 0 Å². The first kappa shape index (κ1) is 18.3. The Morgan fingerprint density at radius 3 is 1.67 bits per heavy atom. The Hall–Kier alpha value is 0.274. The maximum atomic E-state index is 8.91. The number of rotatable bonds is 13. The summed E-state index contributed by atoms with van der Waals surface area (Å²) in [7, 11) is -2.91. The van der Waals surface area contributed by atoms with Gasteiger partial charge in [-0.15, -0.1) is 0 Å². The van der Waals surface area contributed by atoms with Gasteiger partial charge in [0.05, 0.1) is 0 Å². The van der Waals surface area contributed by atoms with Crippen LogP contribution < -0.4 is 0 Å². The highest BCUT2D eigenvalue weighted by Crippen LogP contribution is 2.13. The Bertz CT molecular complexity index is 160. The van der Waals surface area contributed by atoms with Crippen LogP contribution >= 0.6 is 0 Å². The van der Waals surface area contributed by atoms with Crippen molar-refractivity contribution in [1.82, 2.24) is 0 Å². The quantitative estimate of drug-likeness (QED) is 0.415. The van der Waals surface area contributed by atoms with Crippen LogP contribution in [0.1, 0.15) is 46.5 Å². The molecule has 0 aromatic carbocycles. The molecule has 0 atom stereocenters. The minimum absolute atomic E-state index is 0.257. The predicted molar refractivity (Wildman–Crippen MR) is 79.5 cm³/mol. The second-order valence-corrected chi connectivity index (χ2v) is 11.9. The first-order valence-electron chi connectivity index (χ1n) is 7.27. The normalized spacial score (nSPS) is 12.7. The topological polar surface area (TPSA) is 47.9 Å². The van der Waals surface area contributed by atoms with Gasteiger partial charge >= 0.3 is 8.32 Å². The molecule has 4 nitrogen and oxygen atoms in total. The Morgan fingerprint density at radius 2 is 1.33 bits per heavy atom. The molecule has 0 fully saturated rings. The van der Waals surface area contributed by atoms with Crippen molar-refractivity contribution in [1.29, 1.82) is 0 Å². The SMILES string of the molecule is CCCO[Si](OCCC)(OCCC)[SiH2]CCCO. The van der Waals surface area contributed by atoms with E-state index >= 15 is 0 Å². The van der Waals surface area contributed by atoms with E-state index < -0.39 is 17.4 Å². The molecule has 1 N–H and O–H groups in total. The molecule has 6 heteroatoms. The van der Waals surface area contributed by atoms with Crippen LogP contribution in [0, 0.1) is 0 Å². The van der Waals surface area contributed by atoms with Gasteiger partial charge in [0.1, 0.15) is 9.04 Å². The van der Waals surface area contributed by atoms with Gasteiger partial charge in [-0.2, -0.15) is 0 Å². The molecule has 0 rings (SSSR count). The molecule has 18 heavy (non-hydrogen) atoms. The van der Waals surface area contributed by atoms with E-state index in [0.29, 0.717) is 0 Å². The van der Waals surface area contributed by atoms with Crippen LogP contribution in [0.5, 0.6) is 0 Å². The van der Waals surface area contributed by atoms with Crippen LogP contribution in [-0.2, 0) is 13.3 Å². The van der Waals surface area contributed by atoms with Gasteiger partial charge in [0.2, 0.25) is 0 Å². The molecule has 0 unspecified atom stereocenters. The summed E-state index contributed by atoms with van der Waals surface area (Å²) >= 11 is 0. The molecule has 0 aliphatic carbocycles. The molecule has 0 aromatic rings. The molecule has 0 aromatic heterocycles. The first-order chi connectivity index (χ1) is 8.74. The summed E-state index contributed by atoms with van der Waals surface area (Å²) in [6.07, 6.45) is 3.83. The van der Waals surface area contributed by atoms with Gasteiger partial charge in [0, 0.05) is 26.4 Å². The molecular weight excluding hydrogens is 264 g/mol. The minimum atomic E-state index is -2.37. The summed E-state index contributed by atoms with van der Waals surface area (Å²) in [5.41, 5.74) is 0. The zero-order chi connectivity index (χ0) is 13.7. The lowest BCUT2D eigenvalue weighted by atomic mass is 10.5. The first-order valence-corrected chi connectivity index (χ1v) is 12.3. The smallest absolute Gasteiger partial charge is 0.396 e. The molecule has 0 aliphatic heterocycles. The molecule has 0 spiro atoms. The molecule has 0 amide bonds. The fourth-order valence-corrected chi connectivity index (χ4v) is 9.35. The van der Waals surface area contributed by atoms with Gasteiger partial charge in [0.25, 0.3) is 0 Å². The van der Waals surface area contributed by atoms with E-state index in [1.54, 1.807) is 0 Å². The van der Waals surface area contributed by atoms with E-state index in [4.69, 9.17) is 18.4 Å². The largest absolute Gasteiger partial charge is 0.462 e. The molecule has 0 bridgehead atoms. The summed E-state index contributed by atoms with van der Waals surface area (Å²) < 4.78 is 18.0. The van der Waals surface area contributed by atoms with Crippen LogP contribution in [-0.4, -0.2) is 48.9 Å². The van der Waals surface area contributed by atoms with Crippen molar-refractivity contribution in [2.24, 2.45) is 0 Å². The van der Waals surface area contributed by atoms with Crippen LogP contribution in [0.25, 0.3) is 0 Å². The Labute approximate surface area is 115 Å². The van der Waals surface area contributed by atoms with Gasteiger partial charge in [0.15, 0.2) is 0 Å². The monoisotopic (exact) mass is 294 g/mol. The zero-order valence-corrected chi connectivity index (χ0v) is 14.7. The third kappa shape index (κ3) is 8.39. The van der Waals surface area contributed by atoms with E-state index in [1.807, 2.05) is 0 Å². The lowest BCUT2D eigenvalue weighted by molar-refractivity contribution is 0.0798. The van der Waals surface area contributed by atoms with Crippen LogP contribution in [0.15, 0.2) is 0 Å². The van der Waals surface area contributed by atoms with Crippen molar-refractivity contribution in [3.63, 3.8) is 0 Å². The summed E-state index contributed by atoms with van der Waals surface area (Å²) in [5.74, 6) is 0. The van der Waals surface area contributed by atoms with Gasteiger partial charge in [-0.1, -0.05) is 26.8 Å². The van der Waals surface area contributed by atoms with Crippen molar-refractivity contribution < 1.29 is 18.4 Å². The fourth-order valence-electron chi connectivity index (χ4n) is 1.57. The number of hydrogen-bond acceptors (Lipinski definition) is 4. The van der Waals surface area contributed by atoms with Crippen molar-refractivity contribution in [2.45, 2.75) is 52.5 Å². The molecule has 0 aliphatic rings. The number of hydrogen-bond donors (Lipinski definition) is 1.